The van der Waals surface area contributed by atoms with Gasteiger partial charge in [0.2, 0.25) is 0 Å². The summed E-state index contributed by atoms with van der Waals surface area (Å²) in [5.74, 6) is 1.17. The molecule has 64 valence electrons. The van der Waals surface area contributed by atoms with Crippen LogP contribution in [0.25, 0.3) is 0 Å². The van der Waals surface area contributed by atoms with E-state index in [-0.39, 0.29) is 17.0 Å². The highest BCUT2D eigenvalue weighted by atomic mass is 79.9. The van der Waals surface area contributed by atoms with E-state index >= 15 is 0 Å². The van der Waals surface area contributed by atoms with Gasteiger partial charge in [0.25, 0.3) is 0 Å². The van der Waals surface area contributed by atoms with E-state index < -0.39 is 0 Å². The fourth-order valence-corrected chi connectivity index (χ4v) is 1.16. The molecule has 0 unspecified atom stereocenters. The molecule has 0 heterocycles. The fourth-order valence-electron chi connectivity index (χ4n) is 0.905. The molecule has 0 rings (SSSR count). The van der Waals surface area contributed by atoms with Crippen LogP contribution in [0.5, 0.6) is 0 Å². The largest absolute Gasteiger partial charge is 1.00 e. The standard InChI is InChI=1S/C8H18S.BrH/c1-2-3-4-5-6-7-8-9;/h9H,2-8H2,1H3;1H. The molecular weight excluding hydrogens is 208 g/mol. The van der Waals surface area contributed by atoms with Crippen LogP contribution in [0, 0.1) is 0 Å². The van der Waals surface area contributed by atoms with Gasteiger partial charge in [-0.1, -0.05) is 32.6 Å². The van der Waals surface area contributed by atoms with Crippen molar-refractivity contribution < 1.29 is 17.0 Å². The molecular formula is C8H19BrS. The summed E-state index contributed by atoms with van der Waals surface area (Å²) in [6.07, 6.45) is 8.39. The van der Waals surface area contributed by atoms with Crippen molar-refractivity contribution in [3.05, 3.63) is 0 Å². The van der Waals surface area contributed by atoms with E-state index in [0.717, 1.165) is 0 Å². The lowest BCUT2D eigenvalue weighted by Gasteiger charge is -1.94. The zero-order valence-electron chi connectivity index (χ0n) is 6.83. The number of hydrogen-bond acceptors (Lipinski definition) is 0. The average molecular weight is 227 g/mol. The van der Waals surface area contributed by atoms with Crippen molar-refractivity contribution in [2.75, 3.05) is 5.75 Å². The molecule has 2 heteroatoms. The molecule has 0 amide bonds. The molecule has 0 saturated carbocycles. The Labute approximate surface area is 81.0 Å². The van der Waals surface area contributed by atoms with Gasteiger partial charge in [-0.25, -0.2) is 0 Å². The third-order valence-corrected chi connectivity index (χ3v) is 1.88. The van der Waals surface area contributed by atoms with Gasteiger partial charge in [-0.05, 0) is 25.5 Å². The van der Waals surface area contributed by atoms with Gasteiger partial charge in [-0.3, -0.25) is 0 Å². The summed E-state index contributed by atoms with van der Waals surface area (Å²) in [5, 5.41) is 0. The van der Waals surface area contributed by atoms with E-state index in [1.165, 1.54) is 44.3 Å². The van der Waals surface area contributed by atoms with Crippen molar-refractivity contribution in [1.82, 2.24) is 0 Å². The summed E-state index contributed by atoms with van der Waals surface area (Å²) in [7, 11) is 0. The topological polar surface area (TPSA) is 0 Å². The van der Waals surface area contributed by atoms with Crippen LogP contribution in [0.3, 0.4) is 0 Å². The first kappa shape index (κ1) is 13.4. The number of rotatable bonds is 6. The van der Waals surface area contributed by atoms with E-state index in [0.29, 0.717) is 0 Å². The molecule has 0 aromatic rings. The van der Waals surface area contributed by atoms with Crippen LogP contribution in [0.15, 0.2) is 0 Å². The molecule has 10 heavy (non-hydrogen) atoms. The molecule has 0 aliphatic carbocycles. The van der Waals surface area contributed by atoms with Crippen molar-refractivity contribution in [2.24, 2.45) is 0 Å². The quantitative estimate of drug-likeness (QED) is 0.418. The normalized spacial score (nSPS) is 9.00. The van der Waals surface area contributed by atoms with Gasteiger partial charge in [-0.2, -0.15) is 0 Å². The Morgan fingerprint density at radius 2 is 1.40 bits per heavy atom. The van der Waals surface area contributed by atoms with E-state index in [1.807, 2.05) is 0 Å². The maximum Gasteiger partial charge on any atom is 0.103 e. The predicted molar refractivity (Wildman–Crippen MR) is 48.4 cm³/mol. The van der Waals surface area contributed by atoms with Gasteiger partial charge in [0.05, 0.1) is 0 Å². The van der Waals surface area contributed by atoms with Gasteiger partial charge in [0, 0.05) is 0 Å². The van der Waals surface area contributed by atoms with Gasteiger partial charge < -0.3 is 17.0 Å². The summed E-state index contributed by atoms with van der Waals surface area (Å²) < 4.78 is 0. The highest BCUT2D eigenvalue weighted by Crippen LogP contribution is 2.03. The van der Waals surface area contributed by atoms with Crippen LogP contribution in [0.2, 0.25) is 0 Å². The van der Waals surface area contributed by atoms with Crippen LogP contribution in [-0.2, 0) is 12.6 Å². The second kappa shape index (κ2) is 12.5. The predicted octanol–water partition coefficient (Wildman–Crippen LogP) is -0.638. The molecule has 0 nitrogen and oxygen atoms in total. The van der Waals surface area contributed by atoms with Gasteiger partial charge in [0.15, 0.2) is 0 Å². The zero-order valence-corrected chi connectivity index (χ0v) is 9.41. The maximum atomic E-state index is 3.46. The Morgan fingerprint density at radius 3 is 1.90 bits per heavy atom. The number of halogens is 1. The Morgan fingerprint density at radius 1 is 0.900 bits per heavy atom. The summed E-state index contributed by atoms with van der Waals surface area (Å²) in [4.78, 5) is 0. The lowest BCUT2D eigenvalue weighted by Crippen LogP contribution is -3.00. The van der Waals surface area contributed by atoms with Gasteiger partial charge in [-0.15, -0.1) is 0 Å². The Hall–Kier alpha value is 0.830. The van der Waals surface area contributed by atoms with Crippen LogP contribution < -0.4 is 17.0 Å². The molecule has 0 bridgehead atoms. The Bertz CT molecular complexity index is 42.5. The molecule has 0 saturated heterocycles. The first-order chi connectivity index (χ1) is 4.41. The summed E-state index contributed by atoms with van der Waals surface area (Å²) >= 11 is 3.46. The summed E-state index contributed by atoms with van der Waals surface area (Å²) in [6, 6.07) is 0. The summed E-state index contributed by atoms with van der Waals surface area (Å²) in [6.45, 7) is 2.25. The molecule has 0 aromatic heterocycles. The number of hydrogen-bond donors (Lipinski definition) is 0. The van der Waals surface area contributed by atoms with Crippen LogP contribution in [-0.4, -0.2) is 5.75 Å². The second-order valence-electron chi connectivity index (χ2n) is 2.52. The SMILES string of the molecule is CCCCCCCC[SH2+].[Br-]. The lowest BCUT2D eigenvalue weighted by molar-refractivity contribution is -0.00000197. The van der Waals surface area contributed by atoms with Crippen LogP contribution in [0.1, 0.15) is 45.4 Å². The van der Waals surface area contributed by atoms with Gasteiger partial charge >= 0.3 is 0 Å². The fraction of sp³-hybridized carbons (Fsp3) is 1.00. The van der Waals surface area contributed by atoms with E-state index in [2.05, 4.69) is 19.6 Å². The third kappa shape index (κ3) is 11.6. The van der Waals surface area contributed by atoms with E-state index in [9.17, 15) is 0 Å². The molecule has 0 N–H and O–H groups in total. The molecule has 0 spiro atoms. The maximum absolute atomic E-state index is 3.46. The summed E-state index contributed by atoms with van der Waals surface area (Å²) in [5.41, 5.74) is 0. The monoisotopic (exact) mass is 226 g/mol. The third-order valence-electron chi connectivity index (χ3n) is 1.53. The van der Waals surface area contributed by atoms with Crippen molar-refractivity contribution in [3.8, 4) is 0 Å². The first-order valence-corrected chi connectivity index (χ1v) is 4.77. The van der Waals surface area contributed by atoms with E-state index in [4.69, 9.17) is 0 Å². The molecule has 0 aromatic carbocycles. The van der Waals surface area contributed by atoms with Crippen LogP contribution >= 0.6 is 0 Å². The van der Waals surface area contributed by atoms with Crippen molar-refractivity contribution in [2.45, 2.75) is 45.4 Å². The Kier molecular flexibility index (Phi) is 16.8. The number of unbranched alkanes of at least 4 members (excludes halogenated alkanes) is 5. The highest BCUT2D eigenvalue weighted by molar-refractivity contribution is 7.58. The van der Waals surface area contributed by atoms with Gasteiger partial charge in [0.1, 0.15) is 5.75 Å². The zero-order chi connectivity index (χ0) is 6.95. The Balaban J connectivity index is 0. The van der Waals surface area contributed by atoms with Crippen molar-refractivity contribution in [1.29, 1.82) is 0 Å². The lowest BCUT2D eigenvalue weighted by atomic mass is 10.1. The smallest absolute Gasteiger partial charge is 0.103 e. The second-order valence-corrected chi connectivity index (χ2v) is 3.02. The highest BCUT2D eigenvalue weighted by Gasteiger charge is 1.87. The van der Waals surface area contributed by atoms with Crippen molar-refractivity contribution >= 4 is 12.6 Å². The minimum atomic E-state index is 0. The molecule has 0 fully saturated rings. The van der Waals surface area contributed by atoms with Crippen molar-refractivity contribution in [3.63, 3.8) is 0 Å². The molecule has 0 aliphatic rings. The molecule has 0 radical (unpaired) electrons. The molecule has 0 aliphatic heterocycles. The first-order valence-electron chi connectivity index (χ1n) is 4.06. The molecule has 0 atom stereocenters. The minimum absolute atomic E-state index is 0. The minimum Gasteiger partial charge on any atom is -1.00 e. The average Bonchev–Trinajstić information content (AvgIpc) is 1.89. The van der Waals surface area contributed by atoms with Crippen LogP contribution in [0.4, 0.5) is 0 Å². The van der Waals surface area contributed by atoms with E-state index in [1.54, 1.807) is 0 Å².